The topological polar surface area (TPSA) is 49.3 Å². The van der Waals surface area contributed by atoms with E-state index in [-0.39, 0.29) is 11.7 Å². The average molecular weight is 341 g/mol. The number of anilines is 1. The summed E-state index contributed by atoms with van der Waals surface area (Å²) in [4.78, 5) is 12.2. The molecular weight excluding hydrogens is 330 g/mol. The summed E-state index contributed by atoms with van der Waals surface area (Å²) in [6, 6.07) is 9.82. The lowest BCUT2D eigenvalue weighted by molar-refractivity contribution is 0.102. The molecule has 0 aromatic heterocycles. The molecule has 0 spiro atoms. The molecule has 0 heterocycles. The standard InChI is InChI=1S/C14H11BrClNO2/c1-8-10(3-2-4-11(8)15)14(19)17-13-6-5-9(18)7-12(13)16/h2-7,18H,1H3,(H,17,19). The number of phenols is 1. The fourth-order valence-corrected chi connectivity index (χ4v) is 2.24. The van der Waals surface area contributed by atoms with Gasteiger partial charge in [-0.25, -0.2) is 0 Å². The Labute approximate surface area is 124 Å². The van der Waals surface area contributed by atoms with Crippen molar-refractivity contribution >= 4 is 39.1 Å². The first kappa shape index (κ1) is 13.9. The van der Waals surface area contributed by atoms with E-state index in [1.807, 2.05) is 13.0 Å². The van der Waals surface area contributed by atoms with Crippen LogP contribution in [0.5, 0.6) is 5.75 Å². The van der Waals surface area contributed by atoms with Gasteiger partial charge in [0.2, 0.25) is 0 Å². The van der Waals surface area contributed by atoms with Gasteiger partial charge < -0.3 is 10.4 Å². The highest BCUT2D eigenvalue weighted by Gasteiger charge is 2.12. The van der Waals surface area contributed by atoms with Gasteiger partial charge in [0.25, 0.3) is 5.91 Å². The molecule has 5 heteroatoms. The van der Waals surface area contributed by atoms with Crippen molar-refractivity contribution in [1.82, 2.24) is 0 Å². The van der Waals surface area contributed by atoms with Crippen molar-refractivity contribution in [2.24, 2.45) is 0 Å². The summed E-state index contributed by atoms with van der Waals surface area (Å²) in [5, 5.41) is 12.3. The Morgan fingerprint density at radius 3 is 2.74 bits per heavy atom. The van der Waals surface area contributed by atoms with Gasteiger partial charge in [-0.2, -0.15) is 0 Å². The predicted molar refractivity (Wildman–Crippen MR) is 79.9 cm³/mol. The Morgan fingerprint density at radius 1 is 1.32 bits per heavy atom. The van der Waals surface area contributed by atoms with Gasteiger partial charge in [0, 0.05) is 16.1 Å². The van der Waals surface area contributed by atoms with Crippen LogP contribution >= 0.6 is 27.5 Å². The zero-order valence-electron chi connectivity index (χ0n) is 10.1. The van der Waals surface area contributed by atoms with Crippen LogP contribution in [-0.4, -0.2) is 11.0 Å². The van der Waals surface area contributed by atoms with Crippen molar-refractivity contribution in [1.29, 1.82) is 0 Å². The SMILES string of the molecule is Cc1c(Br)cccc1C(=O)Nc1ccc(O)cc1Cl. The Hall–Kier alpha value is -1.52. The maximum absolute atomic E-state index is 12.2. The zero-order valence-corrected chi connectivity index (χ0v) is 12.4. The fourth-order valence-electron chi connectivity index (χ4n) is 1.65. The molecule has 0 atom stereocenters. The Bertz CT molecular complexity index is 643. The number of halogens is 2. The van der Waals surface area contributed by atoms with Gasteiger partial charge in [-0.3, -0.25) is 4.79 Å². The molecular formula is C14H11BrClNO2. The van der Waals surface area contributed by atoms with Crippen LogP contribution in [0.2, 0.25) is 5.02 Å². The first-order valence-electron chi connectivity index (χ1n) is 5.54. The highest BCUT2D eigenvalue weighted by molar-refractivity contribution is 9.10. The molecule has 2 N–H and O–H groups in total. The summed E-state index contributed by atoms with van der Waals surface area (Å²) in [7, 11) is 0. The van der Waals surface area contributed by atoms with Crippen LogP contribution in [0.15, 0.2) is 40.9 Å². The van der Waals surface area contributed by atoms with Crippen LogP contribution in [0.3, 0.4) is 0 Å². The van der Waals surface area contributed by atoms with E-state index in [0.29, 0.717) is 16.3 Å². The van der Waals surface area contributed by atoms with Gasteiger partial charge in [-0.15, -0.1) is 0 Å². The minimum atomic E-state index is -0.244. The summed E-state index contributed by atoms with van der Waals surface area (Å²) in [5.74, 6) is -0.187. The zero-order chi connectivity index (χ0) is 14.0. The number of benzene rings is 2. The molecule has 0 saturated carbocycles. The number of rotatable bonds is 2. The summed E-state index contributed by atoms with van der Waals surface area (Å²) < 4.78 is 0.872. The third-order valence-electron chi connectivity index (χ3n) is 2.71. The lowest BCUT2D eigenvalue weighted by atomic mass is 10.1. The fraction of sp³-hybridized carbons (Fsp3) is 0.0714. The van der Waals surface area contributed by atoms with Crippen LogP contribution < -0.4 is 5.32 Å². The highest BCUT2D eigenvalue weighted by atomic mass is 79.9. The molecule has 0 aliphatic carbocycles. The van der Waals surface area contributed by atoms with Gasteiger partial charge in [0.15, 0.2) is 0 Å². The normalized spacial score (nSPS) is 10.3. The van der Waals surface area contributed by atoms with E-state index in [9.17, 15) is 9.90 Å². The first-order chi connectivity index (χ1) is 8.99. The van der Waals surface area contributed by atoms with Gasteiger partial charge >= 0.3 is 0 Å². The lowest BCUT2D eigenvalue weighted by Gasteiger charge is -2.10. The Balaban J connectivity index is 2.28. The second kappa shape index (κ2) is 5.63. The van der Waals surface area contributed by atoms with Gasteiger partial charge in [-0.05, 0) is 36.8 Å². The summed E-state index contributed by atoms with van der Waals surface area (Å²) >= 11 is 9.33. The van der Waals surface area contributed by atoms with E-state index in [1.165, 1.54) is 12.1 Å². The molecule has 98 valence electrons. The van der Waals surface area contributed by atoms with E-state index < -0.39 is 0 Å². The summed E-state index contributed by atoms with van der Waals surface area (Å²) in [6.07, 6.45) is 0. The Kier molecular flexibility index (Phi) is 4.12. The van der Waals surface area contributed by atoms with E-state index in [2.05, 4.69) is 21.2 Å². The van der Waals surface area contributed by atoms with Crippen LogP contribution in [0.4, 0.5) is 5.69 Å². The average Bonchev–Trinajstić information content (AvgIpc) is 2.36. The highest BCUT2D eigenvalue weighted by Crippen LogP contribution is 2.27. The number of phenolic OH excluding ortho intramolecular Hbond substituents is 1. The van der Waals surface area contributed by atoms with E-state index in [4.69, 9.17) is 11.6 Å². The van der Waals surface area contributed by atoms with Crippen LogP contribution in [0.25, 0.3) is 0 Å². The molecule has 3 nitrogen and oxygen atoms in total. The molecule has 2 rings (SSSR count). The molecule has 0 saturated heterocycles. The minimum Gasteiger partial charge on any atom is -0.508 e. The quantitative estimate of drug-likeness (QED) is 0.798. The van der Waals surface area contributed by atoms with Crippen LogP contribution in [0, 0.1) is 6.92 Å². The summed E-state index contributed by atoms with van der Waals surface area (Å²) in [5.41, 5.74) is 1.89. The molecule has 2 aromatic carbocycles. The lowest BCUT2D eigenvalue weighted by Crippen LogP contribution is -2.13. The molecule has 0 aliphatic heterocycles. The number of carbonyl (C=O) groups excluding carboxylic acids is 1. The van der Waals surface area contributed by atoms with Crippen molar-refractivity contribution < 1.29 is 9.90 Å². The second-order valence-electron chi connectivity index (χ2n) is 4.03. The van der Waals surface area contributed by atoms with Gasteiger partial charge in [-0.1, -0.05) is 33.6 Å². The molecule has 1 amide bonds. The van der Waals surface area contributed by atoms with Crippen molar-refractivity contribution in [2.75, 3.05) is 5.32 Å². The number of hydrogen-bond acceptors (Lipinski definition) is 2. The maximum Gasteiger partial charge on any atom is 0.256 e. The number of carbonyl (C=O) groups is 1. The third kappa shape index (κ3) is 3.08. The molecule has 2 aromatic rings. The molecule has 0 aliphatic rings. The summed E-state index contributed by atoms with van der Waals surface area (Å²) in [6.45, 7) is 1.86. The third-order valence-corrected chi connectivity index (χ3v) is 3.88. The Morgan fingerprint density at radius 2 is 2.05 bits per heavy atom. The van der Waals surface area contributed by atoms with E-state index >= 15 is 0 Å². The number of hydrogen-bond donors (Lipinski definition) is 2. The van der Waals surface area contributed by atoms with Gasteiger partial charge in [0.1, 0.15) is 5.75 Å². The molecule has 0 unspecified atom stereocenters. The van der Waals surface area contributed by atoms with E-state index in [0.717, 1.165) is 10.0 Å². The molecule has 0 radical (unpaired) electrons. The maximum atomic E-state index is 12.2. The van der Waals surface area contributed by atoms with Crippen molar-refractivity contribution in [2.45, 2.75) is 6.92 Å². The minimum absolute atomic E-state index is 0.0571. The van der Waals surface area contributed by atoms with Crippen LogP contribution in [-0.2, 0) is 0 Å². The van der Waals surface area contributed by atoms with Crippen molar-refractivity contribution in [3.63, 3.8) is 0 Å². The number of amides is 1. The molecule has 0 fully saturated rings. The monoisotopic (exact) mass is 339 g/mol. The van der Waals surface area contributed by atoms with Crippen LogP contribution in [0.1, 0.15) is 15.9 Å². The van der Waals surface area contributed by atoms with Gasteiger partial charge in [0.05, 0.1) is 10.7 Å². The largest absolute Gasteiger partial charge is 0.508 e. The number of nitrogens with one attached hydrogen (secondary N) is 1. The predicted octanol–water partition coefficient (Wildman–Crippen LogP) is 4.37. The van der Waals surface area contributed by atoms with Crippen molar-refractivity contribution in [3.05, 3.63) is 57.0 Å². The molecule has 0 bridgehead atoms. The first-order valence-corrected chi connectivity index (χ1v) is 6.71. The molecule has 19 heavy (non-hydrogen) atoms. The number of aromatic hydroxyl groups is 1. The second-order valence-corrected chi connectivity index (χ2v) is 5.29. The smallest absolute Gasteiger partial charge is 0.256 e. The van der Waals surface area contributed by atoms with Crippen molar-refractivity contribution in [3.8, 4) is 5.75 Å². The van der Waals surface area contributed by atoms with E-state index in [1.54, 1.807) is 18.2 Å².